The highest BCUT2D eigenvalue weighted by molar-refractivity contribution is 7.55. The molecule has 0 aliphatic carbocycles. The van der Waals surface area contributed by atoms with Crippen LogP contribution in [-0.2, 0) is 0 Å². The van der Waals surface area contributed by atoms with Gasteiger partial charge >= 0.3 is 0 Å². The van der Waals surface area contributed by atoms with Gasteiger partial charge in [-0.1, -0.05) is 13.1 Å². The molecule has 0 aromatic carbocycles. The van der Waals surface area contributed by atoms with E-state index in [-0.39, 0.29) is 0 Å². The Morgan fingerprint density at radius 2 is 3.75 bits per heavy atom. The molecule has 0 aliphatic rings. The van der Waals surface area contributed by atoms with Gasteiger partial charge in [-0.05, 0) is 0 Å². The predicted molar refractivity (Wildman–Crippen MR) is 25.9 cm³/mol. The van der Waals surface area contributed by atoms with Gasteiger partial charge in [-0.25, -0.2) is 0 Å². The van der Waals surface area contributed by atoms with E-state index in [9.17, 15) is 0 Å². The summed E-state index contributed by atoms with van der Waals surface area (Å²) in [6.45, 7) is -0.880. The normalized spacial score (nSPS) is 32.2. The third-order valence-electron chi connectivity index (χ3n) is 0.0962. The fourth-order valence-corrected chi connectivity index (χ4v) is 0. The molecular weight excluding hydrogens is 65.8 g/mol. The van der Waals surface area contributed by atoms with Crippen LogP contribution in [0, 0.1) is 0 Å². The molecule has 0 nitrogen and oxygen atoms in total. The van der Waals surface area contributed by atoms with Gasteiger partial charge in [-0.15, -0.1) is 0 Å². The molecule has 2 heteroatoms. The maximum absolute atomic E-state index is 6.83. The van der Waals surface area contributed by atoms with Crippen LogP contribution in [-0.4, -0.2) is 7.00 Å². The van der Waals surface area contributed by atoms with Crippen molar-refractivity contribution in [1.29, 1.82) is 0 Å². The molecule has 0 amide bonds. The van der Waals surface area contributed by atoms with Gasteiger partial charge in [0, 0.05) is 5.48 Å². The molecular formula is C2H7BP. The van der Waals surface area contributed by atoms with Crippen molar-refractivity contribution in [2.24, 2.45) is 0 Å². The Kier molecular flexibility index (Phi) is 0.854. The molecule has 0 aromatic heterocycles. The van der Waals surface area contributed by atoms with Crippen LogP contribution in [0.1, 0.15) is 12.3 Å². The summed E-state index contributed by atoms with van der Waals surface area (Å²) >= 11 is 0. The summed E-state index contributed by atoms with van der Waals surface area (Å²) in [6.07, 6.45) is -1.06. The molecule has 0 saturated heterocycles. The highest BCUT2D eigenvalue weighted by Crippen LogP contribution is 1.77. The Bertz CT molecular complexity index is 70.9. The quantitative estimate of drug-likeness (QED) is 0.323. The van der Waals surface area contributed by atoms with E-state index >= 15 is 0 Å². The number of rotatable bonds is 1. The van der Waals surface area contributed by atoms with Gasteiger partial charge in [0.2, 0.25) is 0 Å². The monoisotopic (exact) mass is 78.1 g/mol. The smallest absolute Gasteiger partial charge is 0.137 e. The Balaban J connectivity index is 3.62. The molecule has 2 atom stereocenters. The molecule has 0 bridgehead atoms. The average Bonchev–Trinajstić information content (AvgIpc) is 1.62. The second kappa shape index (κ2) is 3.49. The first-order valence-electron chi connectivity index (χ1n) is 3.03. The van der Waals surface area contributed by atoms with Crippen LogP contribution in [0.3, 0.4) is 0 Å². The molecule has 0 rings (SSSR count). The lowest BCUT2D eigenvalue weighted by Gasteiger charge is -1.64. The van der Waals surface area contributed by atoms with E-state index in [2.05, 4.69) is 9.12 Å². The first kappa shape index (κ1) is 0.977. The number of hydrogen-bond donors (Lipinski definition) is 0. The minimum Gasteiger partial charge on any atom is -0.178 e. The van der Waals surface area contributed by atoms with E-state index in [0.717, 1.165) is 0 Å². The summed E-state index contributed by atoms with van der Waals surface area (Å²) in [4.78, 5) is 0. The predicted octanol–water partition coefficient (Wildman–Crippen LogP) is 0.919. The minimum absolute atomic E-state index is 1.06. The van der Waals surface area contributed by atoms with Gasteiger partial charge in [0.1, 0.15) is 7.00 Å². The van der Waals surface area contributed by atoms with Gasteiger partial charge < -0.3 is 0 Å². The van der Waals surface area contributed by atoms with E-state index in [0.29, 0.717) is 0 Å². The topological polar surface area (TPSA) is 0 Å². The molecule has 0 N–H and O–H groups in total. The second-order valence-corrected chi connectivity index (χ2v) is 0.744. The summed E-state index contributed by atoms with van der Waals surface area (Å²) in [6, 6.07) is 0. The molecule has 0 fully saturated rings. The van der Waals surface area contributed by atoms with E-state index in [4.69, 9.17) is 5.48 Å². The number of hydrogen-bond acceptors (Lipinski definition) is 0. The summed E-state index contributed by atoms with van der Waals surface area (Å²) in [5, 5.41) is 0. The second-order valence-electron chi connectivity index (χ2n) is 0.359. The Hall–Kier alpha value is 0.495. The average molecular weight is 77.9 g/mol. The maximum atomic E-state index is 6.83. The molecule has 2 unspecified atom stereocenters. The molecule has 0 heterocycles. The Morgan fingerprint density at radius 3 is 3.75 bits per heavy atom. The Labute approximate surface area is 36.0 Å². The Morgan fingerprint density at radius 1 is 3.00 bits per heavy atom. The van der Waals surface area contributed by atoms with Gasteiger partial charge in [0.15, 0.2) is 0 Å². The molecule has 23 valence electrons. The van der Waals surface area contributed by atoms with Crippen LogP contribution in [0.25, 0.3) is 0 Å². The lowest BCUT2D eigenvalue weighted by atomic mass is 10.1. The maximum Gasteiger partial charge on any atom is 0.137 e. The highest BCUT2D eigenvalue weighted by atomic mass is 31.0. The first-order valence-corrected chi connectivity index (χ1v) is 1.62. The standard InChI is InChI=1S/C2H7BP/c1-2-3-4/h2,4H2,1H3/i1D3,2T. The summed E-state index contributed by atoms with van der Waals surface area (Å²) in [5.41, 5.74) is 0. The summed E-state index contributed by atoms with van der Waals surface area (Å²) in [7, 11) is 2.11. The van der Waals surface area contributed by atoms with E-state index in [1.165, 1.54) is 7.00 Å². The fraction of sp³-hybridized carbons (Fsp3) is 1.00. The minimum atomic E-state index is -2.15. The summed E-state index contributed by atoms with van der Waals surface area (Å²) < 4.78 is 26.8. The third kappa shape index (κ3) is 2.49. The van der Waals surface area contributed by atoms with Crippen molar-refractivity contribution in [2.75, 3.05) is 0 Å². The molecule has 1 radical (unpaired) electrons. The van der Waals surface area contributed by atoms with Gasteiger partial charge in [-0.2, -0.15) is 9.12 Å². The fourth-order valence-electron chi connectivity index (χ4n) is 0. The van der Waals surface area contributed by atoms with Crippen molar-refractivity contribution in [3.05, 3.63) is 0 Å². The zero-order chi connectivity index (χ0) is 6.78. The largest absolute Gasteiger partial charge is 0.178 e. The lowest BCUT2D eigenvalue weighted by molar-refractivity contribution is 1.48. The van der Waals surface area contributed by atoms with Crippen LogP contribution in [0.2, 0.25) is 6.30 Å². The van der Waals surface area contributed by atoms with Crippen molar-refractivity contribution in [3.8, 4) is 0 Å². The highest BCUT2D eigenvalue weighted by Gasteiger charge is 1.61. The van der Waals surface area contributed by atoms with Crippen LogP contribution < -0.4 is 0 Å². The van der Waals surface area contributed by atoms with Gasteiger partial charge in [0.25, 0.3) is 0 Å². The van der Waals surface area contributed by atoms with Crippen LogP contribution >= 0.6 is 9.12 Å². The van der Waals surface area contributed by atoms with Gasteiger partial charge in [0.05, 0.1) is 0 Å². The SMILES string of the molecule is [2H]C([2H])([2H])C([3H])[B]P. The zero-order valence-electron chi connectivity index (χ0n) is 6.23. The van der Waals surface area contributed by atoms with Crippen molar-refractivity contribution in [1.82, 2.24) is 0 Å². The van der Waals surface area contributed by atoms with Crippen LogP contribution in [0.15, 0.2) is 0 Å². The van der Waals surface area contributed by atoms with Crippen LogP contribution in [0.5, 0.6) is 0 Å². The third-order valence-corrected chi connectivity index (χ3v) is 0.289. The van der Waals surface area contributed by atoms with Gasteiger partial charge in [-0.3, -0.25) is 0 Å². The van der Waals surface area contributed by atoms with Crippen molar-refractivity contribution < 1.29 is 5.48 Å². The van der Waals surface area contributed by atoms with E-state index < -0.39 is 13.1 Å². The van der Waals surface area contributed by atoms with E-state index in [1.807, 2.05) is 0 Å². The van der Waals surface area contributed by atoms with Crippen molar-refractivity contribution >= 4 is 16.1 Å². The molecule has 4 heavy (non-hydrogen) atoms. The van der Waals surface area contributed by atoms with Crippen molar-refractivity contribution in [3.63, 3.8) is 0 Å². The molecule has 0 aliphatic heterocycles. The molecule has 0 spiro atoms. The molecule has 0 saturated carbocycles. The van der Waals surface area contributed by atoms with Crippen LogP contribution in [0.4, 0.5) is 0 Å². The zero-order valence-corrected chi connectivity index (χ0v) is 3.39. The summed E-state index contributed by atoms with van der Waals surface area (Å²) in [5.74, 6) is 0. The lowest BCUT2D eigenvalue weighted by Crippen LogP contribution is -1.60. The van der Waals surface area contributed by atoms with Crippen molar-refractivity contribution in [2.45, 2.75) is 13.1 Å². The first-order chi connectivity index (χ1) is 3.48. The molecule has 0 aromatic rings. The van der Waals surface area contributed by atoms with E-state index in [1.54, 1.807) is 0 Å².